The Morgan fingerprint density at radius 3 is 1.71 bits per heavy atom. The number of halogens is 4. The van der Waals surface area contributed by atoms with Gasteiger partial charge in [0, 0.05) is 10.0 Å². The molecule has 6 nitrogen and oxygen atoms in total. The summed E-state index contributed by atoms with van der Waals surface area (Å²) in [6.45, 7) is 1.37. The van der Waals surface area contributed by atoms with Gasteiger partial charge in [0.1, 0.15) is 7.11 Å². The highest BCUT2D eigenvalue weighted by Gasteiger charge is 2.41. The van der Waals surface area contributed by atoms with Crippen molar-refractivity contribution in [2.24, 2.45) is 10.6 Å². The third kappa shape index (κ3) is 5.29. The minimum absolute atomic E-state index is 0.216. The Morgan fingerprint density at radius 2 is 1.36 bits per heavy atom. The highest BCUT2D eigenvalue weighted by molar-refractivity contribution is 6.38. The van der Waals surface area contributed by atoms with E-state index in [1.807, 2.05) is 0 Å². The molecular formula is C18H15Cl4N3O3. The van der Waals surface area contributed by atoms with Crippen LogP contribution >= 0.6 is 46.4 Å². The molecule has 2 amide bonds. The normalized spacial score (nSPS) is 11.4. The molecule has 2 rings (SSSR count). The van der Waals surface area contributed by atoms with Crippen molar-refractivity contribution in [3.05, 3.63) is 56.5 Å². The Bertz CT molecular complexity index is 869. The van der Waals surface area contributed by atoms with Gasteiger partial charge in [-0.25, -0.2) is 0 Å². The number of carbonyl (C=O) groups is 2. The van der Waals surface area contributed by atoms with E-state index in [1.165, 1.54) is 38.3 Å². The van der Waals surface area contributed by atoms with Gasteiger partial charge in [0.05, 0.1) is 27.6 Å². The monoisotopic (exact) mass is 461 g/mol. The zero-order chi connectivity index (χ0) is 20.9. The van der Waals surface area contributed by atoms with Gasteiger partial charge in [-0.1, -0.05) is 51.6 Å². The zero-order valence-corrected chi connectivity index (χ0v) is 17.7. The van der Waals surface area contributed by atoms with E-state index < -0.39 is 17.2 Å². The van der Waals surface area contributed by atoms with E-state index in [2.05, 4.69) is 20.6 Å². The first-order valence-electron chi connectivity index (χ1n) is 7.78. The van der Waals surface area contributed by atoms with Crippen LogP contribution in [0.1, 0.15) is 6.92 Å². The van der Waals surface area contributed by atoms with Gasteiger partial charge in [-0.2, -0.15) is 0 Å². The van der Waals surface area contributed by atoms with Crippen molar-refractivity contribution in [1.82, 2.24) is 0 Å². The molecule has 2 N–H and O–H groups in total. The Labute approximate surface area is 181 Å². The molecular weight excluding hydrogens is 448 g/mol. The lowest BCUT2D eigenvalue weighted by molar-refractivity contribution is -0.131. The van der Waals surface area contributed by atoms with Crippen LogP contribution in [0.3, 0.4) is 0 Å². The van der Waals surface area contributed by atoms with Crippen molar-refractivity contribution in [3.8, 4) is 0 Å². The summed E-state index contributed by atoms with van der Waals surface area (Å²) in [5.41, 5.74) is -1.18. The van der Waals surface area contributed by atoms with E-state index in [9.17, 15) is 9.59 Å². The Kier molecular flexibility index (Phi) is 7.55. The molecule has 0 atom stereocenters. The quantitative estimate of drug-likeness (QED) is 0.337. The molecule has 0 saturated carbocycles. The van der Waals surface area contributed by atoms with Crippen LogP contribution in [0, 0.1) is 5.41 Å². The van der Waals surface area contributed by atoms with Crippen molar-refractivity contribution >= 4 is 75.8 Å². The van der Waals surface area contributed by atoms with Crippen molar-refractivity contribution in [2.45, 2.75) is 6.92 Å². The van der Waals surface area contributed by atoms with Crippen LogP contribution in [0.5, 0.6) is 0 Å². The Morgan fingerprint density at radius 1 is 0.929 bits per heavy atom. The summed E-state index contributed by atoms with van der Waals surface area (Å²) in [7, 11) is 1.29. The fraction of sp³-hybridized carbons (Fsp3) is 0.167. The number of amides is 2. The van der Waals surface area contributed by atoms with Crippen molar-refractivity contribution < 1.29 is 14.4 Å². The summed E-state index contributed by atoms with van der Waals surface area (Å²) in [4.78, 5) is 30.4. The number of rotatable bonds is 6. The minimum atomic E-state index is -1.75. The second kappa shape index (κ2) is 9.47. The number of carbonyl (C=O) groups excluding carboxylic acids is 2. The molecule has 0 saturated heterocycles. The van der Waals surface area contributed by atoms with E-state index in [0.717, 1.165) is 6.21 Å². The number of hydrogen-bond acceptors (Lipinski definition) is 4. The SMILES string of the molecule is CON=CC(C)(C(=O)Nc1ccc(Cl)cc1Cl)C(=O)Nc1ccc(Cl)cc1Cl. The van der Waals surface area contributed by atoms with Crippen LogP contribution in [0.25, 0.3) is 0 Å². The average Bonchev–Trinajstić information content (AvgIpc) is 2.64. The summed E-state index contributed by atoms with van der Waals surface area (Å²) in [5, 5.41) is 10.0. The van der Waals surface area contributed by atoms with Crippen molar-refractivity contribution in [2.75, 3.05) is 17.7 Å². The maximum absolute atomic E-state index is 12.9. The van der Waals surface area contributed by atoms with Gasteiger partial charge in [0.2, 0.25) is 11.8 Å². The van der Waals surface area contributed by atoms with Gasteiger partial charge < -0.3 is 15.5 Å². The first-order chi connectivity index (χ1) is 13.2. The molecule has 0 aromatic heterocycles. The molecule has 10 heteroatoms. The van der Waals surface area contributed by atoms with E-state index in [0.29, 0.717) is 10.0 Å². The molecule has 0 aliphatic rings. The molecule has 2 aromatic carbocycles. The summed E-state index contributed by atoms with van der Waals surface area (Å²) < 4.78 is 0. The van der Waals surface area contributed by atoms with E-state index >= 15 is 0 Å². The topological polar surface area (TPSA) is 79.8 Å². The maximum Gasteiger partial charge on any atom is 0.245 e. The third-order valence-corrected chi connectivity index (χ3v) is 4.81. The number of nitrogens with one attached hydrogen (secondary N) is 2. The van der Waals surface area contributed by atoms with Crippen molar-refractivity contribution in [3.63, 3.8) is 0 Å². The molecule has 2 aromatic rings. The molecule has 0 fully saturated rings. The second-order valence-corrected chi connectivity index (χ2v) is 7.46. The van der Waals surface area contributed by atoms with Crippen LogP contribution in [0.4, 0.5) is 11.4 Å². The number of nitrogens with zero attached hydrogens (tertiary/aromatic N) is 1. The van der Waals surface area contributed by atoms with Gasteiger partial charge >= 0.3 is 0 Å². The minimum Gasteiger partial charge on any atom is -0.399 e. The fourth-order valence-corrected chi connectivity index (χ4v) is 2.98. The predicted molar refractivity (Wildman–Crippen MR) is 114 cm³/mol. The third-order valence-electron chi connectivity index (χ3n) is 3.72. The summed E-state index contributed by atoms with van der Waals surface area (Å²) in [6.07, 6.45) is 1.07. The fourth-order valence-electron chi connectivity index (χ4n) is 2.06. The molecule has 0 heterocycles. The maximum atomic E-state index is 12.9. The van der Waals surface area contributed by atoms with Gasteiger partial charge in [0.25, 0.3) is 0 Å². The standard InChI is InChI=1S/C18H15Cl4N3O3/c1-18(9-23-28-2,16(26)24-14-5-3-10(19)7-12(14)21)17(27)25-15-6-4-11(20)8-13(15)22/h3-9H,1-2H3,(H,24,26)(H,25,27). The summed E-state index contributed by atoms with van der Waals surface area (Å²) in [6, 6.07) is 9.07. The summed E-state index contributed by atoms with van der Waals surface area (Å²) >= 11 is 23.9. The molecule has 0 unspecified atom stereocenters. The first kappa shape index (κ1) is 22.3. The number of oxime groups is 1. The van der Waals surface area contributed by atoms with Crippen LogP contribution in [-0.2, 0) is 14.4 Å². The average molecular weight is 463 g/mol. The molecule has 28 heavy (non-hydrogen) atoms. The Balaban J connectivity index is 2.31. The first-order valence-corrected chi connectivity index (χ1v) is 9.29. The highest BCUT2D eigenvalue weighted by Crippen LogP contribution is 2.30. The number of benzene rings is 2. The molecule has 0 spiro atoms. The van der Waals surface area contributed by atoms with Gasteiger partial charge in [-0.3, -0.25) is 9.59 Å². The van der Waals surface area contributed by atoms with Crippen LogP contribution < -0.4 is 10.6 Å². The van der Waals surface area contributed by atoms with Crippen molar-refractivity contribution in [1.29, 1.82) is 0 Å². The summed E-state index contributed by atoms with van der Waals surface area (Å²) in [5.74, 6) is -1.39. The molecule has 0 radical (unpaired) electrons. The largest absolute Gasteiger partial charge is 0.399 e. The van der Waals surface area contributed by atoms with Crippen LogP contribution in [0.15, 0.2) is 41.6 Å². The smallest absolute Gasteiger partial charge is 0.245 e. The van der Waals surface area contributed by atoms with Gasteiger partial charge in [-0.15, -0.1) is 0 Å². The molecule has 0 aliphatic heterocycles. The van der Waals surface area contributed by atoms with Gasteiger partial charge in [-0.05, 0) is 43.3 Å². The van der Waals surface area contributed by atoms with E-state index in [1.54, 1.807) is 12.1 Å². The van der Waals surface area contributed by atoms with E-state index in [-0.39, 0.29) is 21.4 Å². The highest BCUT2D eigenvalue weighted by atomic mass is 35.5. The molecule has 148 valence electrons. The number of hydrogen-bond donors (Lipinski definition) is 2. The number of anilines is 2. The Hall–Kier alpha value is -1.99. The molecule has 0 bridgehead atoms. The predicted octanol–water partition coefficient (Wildman–Crippen LogP) is 5.52. The zero-order valence-electron chi connectivity index (χ0n) is 14.7. The lowest BCUT2D eigenvalue weighted by Crippen LogP contribution is -2.45. The van der Waals surface area contributed by atoms with Crippen LogP contribution in [-0.4, -0.2) is 25.1 Å². The molecule has 0 aliphatic carbocycles. The lowest BCUT2D eigenvalue weighted by atomic mass is 9.89. The van der Waals surface area contributed by atoms with Crippen LogP contribution in [0.2, 0.25) is 20.1 Å². The second-order valence-electron chi connectivity index (χ2n) is 5.78. The lowest BCUT2D eigenvalue weighted by Gasteiger charge is -2.23. The van der Waals surface area contributed by atoms with Gasteiger partial charge in [0.15, 0.2) is 5.41 Å². The van der Waals surface area contributed by atoms with E-state index in [4.69, 9.17) is 46.4 Å².